The number of nitrogens with one attached hydrogen (secondary N) is 1. The Labute approximate surface area is 578 Å². The van der Waals surface area contributed by atoms with E-state index in [0.29, 0.717) is 25.9 Å². The van der Waals surface area contributed by atoms with Gasteiger partial charge in [0.25, 0.3) is 0 Å². The maximum atomic E-state index is 12.6. The summed E-state index contributed by atoms with van der Waals surface area (Å²) in [5.41, 5.74) is 0. The maximum absolute atomic E-state index is 12.6. The first kappa shape index (κ1) is 90.6. The van der Waals surface area contributed by atoms with Crippen molar-refractivity contribution < 1.29 is 24.5 Å². The first-order valence-electron chi connectivity index (χ1n) is 42.9. The zero-order chi connectivity index (χ0) is 66.3. The van der Waals surface area contributed by atoms with Crippen LogP contribution in [0.4, 0.5) is 0 Å². The molecule has 0 bridgehead atoms. The van der Waals surface area contributed by atoms with Gasteiger partial charge in [0.15, 0.2) is 0 Å². The van der Waals surface area contributed by atoms with Crippen LogP contribution < -0.4 is 5.32 Å². The van der Waals surface area contributed by atoms with E-state index in [0.717, 1.165) is 38.5 Å². The summed E-state index contributed by atoms with van der Waals surface area (Å²) in [7, 11) is 0. The van der Waals surface area contributed by atoms with Crippen molar-refractivity contribution >= 4 is 11.9 Å². The summed E-state index contributed by atoms with van der Waals surface area (Å²) in [6, 6.07) is -0.537. The van der Waals surface area contributed by atoms with Crippen molar-refractivity contribution in [2.75, 3.05) is 13.2 Å². The highest BCUT2D eigenvalue weighted by molar-refractivity contribution is 5.76. The lowest BCUT2D eigenvalue weighted by molar-refractivity contribution is -0.143. The van der Waals surface area contributed by atoms with Gasteiger partial charge in [-0.2, -0.15) is 0 Å². The summed E-state index contributed by atoms with van der Waals surface area (Å²) >= 11 is 0. The van der Waals surface area contributed by atoms with Gasteiger partial charge < -0.3 is 20.3 Å². The van der Waals surface area contributed by atoms with Gasteiger partial charge >= 0.3 is 5.97 Å². The van der Waals surface area contributed by atoms with Gasteiger partial charge in [0.2, 0.25) is 5.91 Å². The van der Waals surface area contributed by atoms with Crippen molar-refractivity contribution in [3.05, 3.63) is 12.2 Å². The monoisotopic (exact) mass is 1300 g/mol. The second-order valence-corrected chi connectivity index (χ2v) is 29.9. The summed E-state index contributed by atoms with van der Waals surface area (Å²) in [6.07, 6.45) is 105. The molecule has 0 rings (SSSR count). The molecule has 2 atom stereocenters. The number of carbonyl (C=O) groups excluding carboxylic acids is 2. The van der Waals surface area contributed by atoms with Gasteiger partial charge in [0, 0.05) is 12.8 Å². The smallest absolute Gasteiger partial charge is 0.305 e. The van der Waals surface area contributed by atoms with Crippen LogP contribution in [0, 0.1) is 0 Å². The summed E-state index contributed by atoms with van der Waals surface area (Å²) in [5, 5.41) is 23.4. The molecule has 548 valence electrons. The lowest BCUT2D eigenvalue weighted by Gasteiger charge is -2.22. The third kappa shape index (κ3) is 77.6. The average molecular weight is 1300 g/mol. The van der Waals surface area contributed by atoms with E-state index in [4.69, 9.17) is 4.74 Å². The Morgan fingerprint density at radius 3 is 0.772 bits per heavy atom. The van der Waals surface area contributed by atoms with E-state index in [1.165, 1.54) is 430 Å². The largest absolute Gasteiger partial charge is 0.466 e. The van der Waals surface area contributed by atoms with Crippen molar-refractivity contribution in [3.63, 3.8) is 0 Å². The van der Waals surface area contributed by atoms with E-state index in [9.17, 15) is 19.8 Å². The maximum Gasteiger partial charge on any atom is 0.305 e. The Morgan fingerprint density at radius 1 is 0.293 bits per heavy atom. The second-order valence-electron chi connectivity index (χ2n) is 29.9. The molecule has 0 aliphatic heterocycles. The molecule has 2 unspecified atom stereocenters. The first-order valence-corrected chi connectivity index (χ1v) is 42.9. The zero-order valence-corrected chi connectivity index (χ0v) is 63.1. The van der Waals surface area contributed by atoms with Crippen molar-refractivity contribution in [1.29, 1.82) is 0 Å². The van der Waals surface area contributed by atoms with Crippen molar-refractivity contribution in [2.45, 2.75) is 514 Å². The van der Waals surface area contributed by atoms with Crippen molar-refractivity contribution in [1.82, 2.24) is 5.32 Å². The van der Waals surface area contributed by atoms with Crippen LogP contribution in [0.2, 0.25) is 0 Å². The third-order valence-corrected chi connectivity index (χ3v) is 20.6. The van der Waals surface area contributed by atoms with Gasteiger partial charge in [0.1, 0.15) is 0 Å². The molecule has 0 fully saturated rings. The van der Waals surface area contributed by atoms with Gasteiger partial charge in [0.05, 0.1) is 25.4 Å². The Hall–Kier alpha value is -1.40. The summed E-state index contributed by atoms with van der Waals surface area (Å²) in [4.78, 5) is 24.7. The second kappa shape index (κ2) is 82.0. The third-order valence-electron chi connectivity index (χ3n) is 20.6. The number of hydrogen-bond acceptors (Lipinski definition) is 5. The predicted octanol–water partition coefficient (Wildman–Crippen LogP) is 28.6. The molecule has 0 saturated carbocycles. The number of allylic oxidation sites excluding steroid dienone is 2. The molecule has 1 amide bonds. The van der Waals surface area contributed by atoms with Gasteiger partial charge in [-0.1, -0.05) is 450 Å². The van der Waals surface area contributed by atoms with Crippen LogP contribution >= 0.6 is 0 Å². The van der Waals surface area contributed by atoms with Crippen LogP contribution in [-0.4, -0.2) is 47.4 Å². The number of aliphatic hydroxyl groups is 2. The highest BCUT2D eigenvalue weighted by Crippen LogP contribution is 2.21. The van der Waals surface area contributed by atoms with Crippen LogP contribution in [-0.2, 0) is 14.3 Å². The predicted molar refractivity (Wildman–Crippen MR) is 407 cm³/mol. The number of aliphatic hydroxyl groups excluding tert-OH is 2. The number of rotatable bonds is 82. The summed E-state index contributed by atoms with van der Waals surface area (Å²) in [6.45, 7) is 5.01. The molecule has 0 aromatic heterocycles. The van der Waals surface area contributed by atoms with Crippen LogP contribution in [0.5, 0.6) is 0 Å². The molecule has 3 N–H and O–H groups in total. The highest BCUT2D eigenvalue weighted by atomic mass is 16.5. The molecular weight excluding hydrogens is 1130 g/mol. The van der Waals surface area contributed by atoms with Gasteiger partial charge in [-0.25, -0.2) is 0 Å². The van der Waals surface area contributed by atoms with Crippen LogP contribution in [0.1, 0.15) is 502 Å². The van der Waals surface area contributed by atoms with Crippen LogP contribution in [0.3, 0.4) is 0 Å². The van der Waals surface area contributed by atoms with Crippen molar-refractivity contribution in [3.8, 4) is 0 Å². The van der Waals surface area contributed by atoms with Gasteiger partial charge in [-0.3, -0.25) is 9.59 Å². The van der Waals surface area contributed by atoms with E-state index < -0.39 is 12.1 Å². The number of amides is 1. The minimum atomic E-state index is -0.660. The van der Waals surface area contributed by atoms with Crippen LogP contribution in [0.25, 0.3) is 0 Å². The quantitative estimate of drug-likeness (QED) is 0.0320. The summed E-state index contributed by atoms with van der Waals surface area (Å²) < 4.78 is 5.52. The highest BCUT2D eigenvalue weighted by Gasteiger charge is 2.20. The number of hydrogen-bond donors (Lipinski definition) is 3. The molecule has 0 radical (unpaired) electrons. The molecule has 0 aromatic rings. The Kier molecular flexibility index (Phi) is 80.8. The molecule has 92 heavy (non-hydrogen) atoms. The molecule has 0 saturated heterocycles. The molecule has 0 aliphatic rings. The topological polar surface area (TPSA) is 95.9 Å². The molecular formula is C86H169NO5. The fourth-order valence-electron chi connectivity index (χ4n) is 14.1. The number of unbranched alkanes of at least 4 members (excludes halogenated alkanes) is 69. The van der Waals surface area contributed by atoms with E-state index in [1.54, 1.807) is 0 Å². The SMILES string of the molecule is CCCCCCCC/C=C\CCCCCCCCCC(=O)OCCCCCCCCCCCCCCCCCCCCCCCCCCCCCCCCCCCCCCCCCC(=O)NC(CO)C(O)CCCCCCCCCCCCCCCCCCCCC. The first-order chi connectivity index (χ1) is 45.5. The standard InChI is InChI=1S/C86H169NO5/c1-3-5-7-9-11-13-15-17-19-21-43-47-50-54-58-62-66-70-74-78-84(89)83(82-88)87-85(90)79-75-71-67-63-59-55-51-48-44-41-39-37-35-33-31-29-27-25-23-22-24-26-28-30-32-34-36-38-40-42-45-49-53-57-61-65-69-73-77-81-92-86(91)80-76-72-68-64-60-56-52-46-20-18-16-14-12-10-8-6-4-2/h18,20,83-84,88-89H,3-17,19,21-82H2,1-2H3,(H,87,90)/b20-18-. The Morgan fingerprint density at radius 2 is 0.511 bits per heavy atom. The molecule has 6 nitrogen and oxygen atoms in total. The van der Waals surface area contributed by atoms with Gasteiger partial charge in [-0.05, 0) is 51.4 Å². The fraction of sp³-hybridized carbons (Fsp3) is 0.953. The lowest BCUT2D eigenvalue weighted by atomic mass is 10.0. The van der Waals surface area contributed by atoms with E-state index in [1.807, 2.05) is 0 Å². The van der Waals surface area contributed by atoms with Gasteiger partial charge in [-0.15, -0.1) is 0 Å². The normalized spacial score (nSPS) is 12.4. The summed E-state index contributed by atoms with van der Waals surface area (Å²) in [5.74, 6) is -0.00119. The molecule has 0 heterocycles. The molecule has 0 aliphatic carbocycles. The Balaban J connectivity index is 3.28. The molecule has 6 heteroatoms. The molecule has 0 spiro atoms. The Bertz CT molecular complexity index is 1400. The molecule has 0 aromatic carbocycles. The minimum Gasteiger partial charge on any atom is -0.466 e. The van der Waals surface area contributed by atoms with E-state index >= 15 is 0 Å². The van der Waals surface area contributed by atoms with E-state index in [2.05, 4.69) is 31.3 Å². The fourth-order valence-corrected chi connectivity index (χ4v) is 14.1. The van der Waals surface area contributed by atoms with E-state index in [-0.39, 0.29) is 18.5 Å². The zero-order valence-electron chi connectivity index (χ0n) is 63.1. The number of carbonyl (C=O) groups is 2. The number of esters is 1. The van der Waals surface area contributed by atoms with Crippen LogP contribution in [0.15, 0.2) is 12.2 Å². The van der Waals surface area contributed by atoms with Crippen molar-refractivity contribution in [2.24, 2.45) is 0 Å². The minimum absolute atomic E-state index is 0.0220. The lowest BCUT2D eigenvalue weighted by Crippen LogP contribution is -2.45. The number of ether oxygens (including phenoxy) is 1. The average Bonchev–Trinajstić information content (AvgIpc) is 3.56.